The van der Waals surface area contributed by atoms with Gasteiger partial charge in [0.25, 0.3) is 5.69 Å². The van der Waals surface area contributed by atoms with Gasteiger partial charge in [-0.1, -0.05) is 12.1 Å². The summed E-state index contributed by atoms with van der Waals surface area (Å²) >= 11 is 3.18. The SMILES string of the molecule is C[C@H](NCc1ccc(Br)c([N+](=O)[O-])c1)c1cccnc1. The smallest absolute Gasteiger partial charge is 0.283 e. The average Bonchev–Trinajstić information content (AvgIpc) is 2.46. The first-order valence-corrected chi connectivity index (χ1v) is 6.93. The Hall–Kier alpha value is -1.79. The quantitative estimate of drug-likeness (QED) is 0.669. The molecule has 0 spiro atoms. The fraction of sp³-hybridized carbons (Fsp3) is 0.214. The van der Waals surface area contributed by atoms with Crippen LogP contribution in [0.2, 0.25) is 0 Å². The third kappa shape index (κ3) is 3.61. The Labute approximate surface area is 125 Å². The molecule has 6 heteroatoms. The van der Waals surface area contributed by atoms with E-state index < -0.39 is 4.92 Å². The first-order chi connectivity index (χ1) is 9.58. The van der Waals surface area contributed by atoms with Gasteiger partial charge in [0.05, 0.1) is 9.40 Å². The molecule has 0 saturated heterocycles. The van der Waals surface area contributed by atoms with Gasteiger partial charge in [-0.05, 0) is 46.1 Å². The van der Waals surface area contributed by atoms with E-state index in [1.54, 1.807) is 18.3 Å². The summed E-state index contributed by atoms with van der Waals surface area (Å²) in [4.78, 5) is 14.6. The minimum absolute atomic E-state index is 0.0818. The minimum Gasteiger partial charge on any atom is -0.306 e. The predicted octanol–water partition coefficient (Wildman–Crippen LogP) is 3.60. The molecule has 1 aromatic heterocycles. The number of halogens is 1. The molecule has 1 aromatic carbocycles. The van der Waals surface area contributed by atoms with Gasteiger partial charge in [0.1, 0.15) is 0 Å². The van der Waals surface area contributed by atoms with E-state index in [4.69, 9.17) is 0 Å². The predicted molar refractivity (Wildman–Crippen MR) is 80.3 cm³/mol. The van der Waals surface area contributed by atoms with Crippen molar-refractivity contribution in [2.24, 2.45) is 0 Å². The summed E-state index contributed by atoms with van der Waals surface area (Å²) in [5, 5.41) is 14.2. The van der Waals surface area contributed by atoms with Crippen LogP contribution in [0, 0.1) is 10.1 Å². The number of hydrogen-bond donors (Lipinski definition) is 1. The molecular weight excluding hydrogens is 322 g/mol. The van der Waals surface area contributed by atoms with Gasteiger partial charge in [0.2, 0.25) is 0 Å². The molecule has 2 rings (SSSR count). The van der Waals surface area contributed by atoms with Crippen LogP contribution in [0.4, 0.5) is 5.69 Å². The monoisotopic (exact) mass is 335 g/mol. The molecule has 0 aliphatic heterocycles. The number of hydrogen-bond acceptors (Lipinski definition) is 4. The van der Waals surface area contributed by atoms with Crippen molar-refractivity contribution in [2.75, 3.05) is 0 Å². The number of pyridine rings is 1. The summed E-state index contributed by atoms with van der Waals surface area (Å²) in [5.41, 5.74) is 2.04. The number of nitrogens with one attached hydrogen (secondary N) is 1. The Kier molecular flexibility index (Phi) is 4.81. The molecule has 20 heavy (non-hydrogen) atoms. The van der Waals surface area contributed by atoms with Crippen LogP contribution in [0.15, 0.2) is 47.2 Å². The normalized spacial score (nSPS) is 12.1. The molecule has 5 nitrogen and oxygen atoms in total. The van der Waals surface area contributed by atoms with E-state index in [2.05, 4.69) is 26.2 Å². The third-order valence-corrected chi connectivity index (χ3v) is 3.67. The van der Waals surface area contributed by atoms with Gasteiger partial charge in [0.15, 0.2) is 0 Å². The van der Waals surface area contributed by atoms with Crippen LogP contribution in [0.3, 0.4) is 0 Å². The molecule has 0 amide bonds. The van der Waals surface area contributed by atoms with Gasteiger partial charge in [-0.25, -0.2) is 0 Å². The van der Waals surface area contributed by atoms with E-state index >= 15 is 0 Å². The molecule has 0 aliphatic carbocycles. The first kappa shape index (κ1) is 14.6. The van der Waals surface area contributed by atoms with Crippen molar-refractivity contribution in [3.8, 4) is 0 Å². The van der Waals surface area contributed by atoms with E-state index in [0.29, 0.717) is 11.0 Å². The zero-order valence-electron chi connectivity index (χ0n) is 10.9. The summed E-state index contributed by atoms with van der Waals surface area (Å²) < 4.78 is 0.492. The second-order valence-corrected chi connectivity index (χ2v) is 5.29. The molecule has 1 N–H and O–H groups in total. The van der Waals surface area contributed by atoms with Gasteiger partial charge in [-0.2, -0.15) is 0 Å². The Morgan fingerprint density at radius 3 is 2.90 bits per heavy atom. The van der Waals surface area contributed by atoms with E-state index in [0.717, 1.165) is 11.1 Å². The number of benzene rings is 1. The second-order valence-electron chi connectivity index (χ2n) is 4.43. The lowest BCUT2D eigenvalue weighted by Gasteiger charge is -2.13. The van der Waals surface area contributed by atoms with Crippen LogP contribution in [0.1, 0.15) is 24.1 Å². The van der Waals surface area contributed by atoms with Gasteiger partial charge in [-0.15, -0.1) is 0 Å². The minimum atomic E-state index is -0.391. The highest BCUT2D eigenvalue weighted by molar-refractivity contribution is 9.10. The largest absolute Gasteiger partial charge is 0.306 e. The Bertz CT molecular complexity index is 605. The molecule has 0 bridgehead atoms. The Balaban J connectivity index is 2.04. The van der Waals surface area contributed by atoms with Crippen molar-refractivity contribution in [1.29, 1.82) is 0 Å². The van der Waals surface area contributed by atoms with Crippen molar-refractivity contribution in [3.05, 3.63) is 68.4 Å². The molecule has 2 aromatic rings. The number of nitrogens with zero attached hydrogens (tertiary/aromatic N) is 2. The summed E-state index contributed by atoms with van der Waals surface area (Å²) in [6, 6.07) is 9.15. The average molecular weight is 336 g/mol. The fourth-order valence-corrected chi connectivity index (χ4v) is 2.22. The van der Waals surface area contributed by atoms with E-state index in [1.165, 1.54) is 0 Å². The molecule has 0 radical (unpaired) electrons. The van der Waals surface area contributed by atoms with Crippen molar-refractivity contribution in [1.82, 2.24) is 10.3 Å². The van der Waals surface area contributed by atoms with Crippen LogP contribution in [-0.2, 0) is 6.54 Å². The number of rotatable bonds is 5. The van der Waals surface area contributed by atoms with Crippen molar-refractivity contribution < 1.29 is 4.92 Å². The summed E-state index contributed by atoms with van der Waals surface area (Å²) in [6.07, 6.45) is 3.54. The highest BCUT2D eigenvalue weighted by Gasteiger charge is 2.12. The van der Waals surface area contributed by atoms with Gasteiger partial charge >= 0.3 is 0 Å². The van der Waals surface area contributed by atoms with Crippen molar-refractivity contribution >= 4 is 21.6 Å². The van der Waals surface area contributed by atoms with Gasteiger partial charge < -0.3 is 5.32 Å². The maximum Gasteiger partial charge on any atom is 0.283 e. The lowest BCUT2D eigenvalue weighted by molar-refractivity contribution is -0.385. The van der Waals surface area contributed by atoms with Gasteiger partial charge in [0, 0.05) is 31.0 Å². The van der Waals surface area contributed by atoms with Crippen LogP contribution < -0.4 is 5.32 Å². The maximum absolute atomic E-state index is 10.9. The van der Waals surface area contributed by atoms with Crippen LogP contribution >= 0.6 is 15.9 Å². The number of aromatic nitrogens is 1. The molecule has 104 valence electrons. The summed E-state index contributed by atoms with van der Waals surface area (Å²) in [6.45, 7) is 2.59. The molecule has 0 saturated carbocycles. The molecule has 0 aliphatic rings. The molecular formula is C14H14BrN3O2. The molecule has 0 fully saturated rings. The zero-order chi connectivity index (χ0) is 14.5. The number of nitro benzene ring substituents is 1. The second kappa shape index (κ2) is 6.58. The molecule has 0 unspecified atom stereocenters. The van der Waals surface area contributed by atoms with Crippen LogP contribution in [0.5, 0.6) is 0 Å². The van der Waals surface area contributed by atoms with Crippen LogP contribution in [0.25, 0.3) is 0 Å². The van der Waals surface area contributed by atoms with E-state index in [1.807, 2.05) is 31.3 Å². The first-order valence-electron chi connectivity index (χ1n) is 6.14. The standard InChI is InChI=1S/C14H14BrN3O2/c1-10(12-3-2-6-16-9-12)17-8-11-4-5-13(15)14(7-11)18(19)20/h2-7,9-10,17H,8H2,1H3/t10-/m0/s1. The Morgan fingerprint density at radius 1 is 1.45 bits per heavy atom. The topological polar surface area (TPSA) is 68.1 Å². The van der Waals surface area contributed by atoms with Crippen molar-refractivity contribution in [2.45, 2.75) is 19.5 Å². The summed E-state index contributed by atoms with van der Waals surface area (Å²) in [7, 11) is 0. The Morgan fingerprint density at radius 2 is 2.25 bits per heavy atom. The molecule has 1 atom stereocenters. The zero-order valence-corrected chi connectivity index (χ0v) is 12.5. The maximum atomic E-state index is 10.9. The van der Waals surface area contributed by atoms with Crippen molar-refractivity contribution in [3.63, 3.8) is 0 Å². The van der Waals surface area contributed by atoms with E-state index in [9.17, 15) is 10.1 Å². The van der Waals surface area contributed by atoms with Crippen LogP contribution in [-0.4, -0.2) is 9.91 Å². The van der Waals surface area contributed by atoms with E-state index in [-0.39, 0.29) is 11.7 Å². The number of nitro groups is 1. The highest BCUT2D eigenvalue weighted by atomic mass is 79.9. The summed E-state index contributed by atoms with van der Waals surface area (Å²) in [5.74, 6) is 0. The third-order valence-electron chi connectivity index (χ3n) is 3.00. The highest BCUT2D eigenvalue weighted by Crippen LogP contribution is 2.25. The lowest BCUT2D eigenvalue weighted by atomic mass is 10.1. The lowest BCUT2D eigenvalue weighted by Crippen LogP contribution is -2.18. The van der Waals surface area contributed by atoms with Gasteiger partial charge in [-0.3, -0.25) is 15.1 Å². The molecule has 1 heterocycles. The fourth-order valence-electron chi connectivity index (χ4n) is 1.83.